The van der Waals surface area contributed by atoms with E-state index >= 15 is 0 Å². The first kappa shape index (κ1) is 41.0. The van der Waals surface area contributed by atoms with Gasteiger partial charge in [-0.15, -0.1) is 0 Å². The molecule has 3 fully saturated rings. The summed E-state index contributed by atoms with van der Waals surface area (Å²) in [6.45, 7) is 6.95. The van der Waals surface area contributed by atoms with Crippen molar-refractivity contribution in [1.29, 1.82) is 0 Å². The van der Waals surface area contributed by atoms with E-state index in [1.807, 2.05) is 42.5 Å². The summed E-state index contributed by atoms with van der Waals surface area (Å²) in [5.41, 5.74) is 7.71. The van der Waals surface area contributed by atoms with E-state index in [0.29, 0.717) is 54.6 Å². The average Bonchev–Trinajstić information content (AvgIpc) is 3.28. The van der Waals surface area contributed by atoms with E-state index in [1.165, 1.54) is 42.4 Å². The number of hydrogen-bond donors (Lipinski definition) is 2. The largest absolute Gasteiger partial charge is 0.508 e. The zero-order valence-corrected chi connectivity index (χ0v) is 35.5. The van der Waals surface area contributed by atoms with Crippen LogP contribution in [0.5, 0.6) is 11.5 Å². The average molecular weight is 826 g/mol. The smallest absolute Gasteiger partial charge is 0.237 e. The van der Waals surface area contributed by atoms with E-state index in [-0.39, 0.29) is 17.9 Å². The highest BCUT2D eigenvalue weighted by molar-refractivity contribution is 5.83. The highest BCUT2D eigenvalue weighted by atomic mass is 16.5. The van der Waals surface area contributed by atoms with Crippen molar-refractivity contribution in [2.75, 3.05) is 69.8 Å². The number of phenolic OH excluding ortho intramolecular Hbond substituents is 1. The first-order valence-electron chi connectivity index (χ1n) is 22.3. The van der Waals surface area contributed by atoms with Gasteiger partial charge in [0.25, 0.3) is 0 Å². The molecule has 3 aromatic carbocycles. The second-order valence-corrected chi connectivity index (χ2v) is 18.4. The van der Waals surface area contributed by atoms with Gasteiger partial charge in [-0.05, 0) is 116 Å². The van der Waals surface area contributed by atoms with Crippen LogP contribution in [0.2, 0.25) is 0 Å². The first-order chi connectivity index (χ1) is 29.7. The maximum Gasteiger partial charge on any atom is 0.237 e. The van der Waals surface area contributed by atoms with E-state index in [2.05, 4.69) is 62.5 Å². The van der Waals surface area contributed by atoms with Crippen molar-refractivity contribution in [2.24, 2.45) is 11.3 Å². The number of carbonyl (C=O) groups excluding carboxylic acids is 3. The van der Waals surface area contributed by atoms with Crippen LogP contribution in [0.15, 0.2) is 73.1 Å². The van der Waals surface area contributed by atoms with Crippen LogP contribution in [-0.2, 0) is 22.6 Å². The van der Waals surface area contributed by atoms with Gasteiger partial charge in [-0.25, -0.2) is 9.97 Å². The predicted molar refractivity (Wildman–Crippen MR) is 236 cm³/mol. The van der Waals surface area contributed by atoms with Gasteiger partial charge < -0.3 is 29.8 Å². The number of aromatic nitrogens is 2. The maximum atomic E-state index is 12.7. The second-order valence-electron chi connectivity index (χ2n) is 18.4. The summed E-state index contributed by atoms with van der Waals surface area (Å²) in [5.74, 6) is 2.90. The summed E-state index contributed by atoms with van der Waals surface area (Å²) in [7, 11) is 3.47. The predicted octanol–water partition coefficient (Wildman–Crippen LogP) is 5.96. The number of aryl methyl sites for hydroxylation is 1. The molecule has 2 N–H and O–H groups in total. The van der Waals surface area contributed by atoms with Crippen LogP contribution in [0.25, 0.3) is 0 Å². The number of carbonyl (C=O) groups is 3. The summed E-state index contributed by atoms with van der Waals surface area (Å²) in [6.07, 6.45) is 13.4. The number of likely N-dealkylation sites (N-methyl/N-ethyl adjacent to an activating group) is 2. The third kappa shape index (κ3) is 8.36. The molecule has 4 atom stereocenters. The number of aromatic hydroxyl groups is 1. The lowest BCUT2D eigenvalue weighted by Gasteiger charge is -2.54. The minimum absolute atomic E-state index is 0.141. The third-order valence-electron chi connectivity index (χ3n) is 14.6. The molecule has 320 valence electrons. The fourth-order valence-corrected chi connectivity index (χ4v) is 11.3. The number of hydrogen-bond acceptors (Lipinski definition) is 11. The van der Waals surface area contributed by atoms with Crippen LogP contribution in [-0.4, -0.2) is 115 Å². The molecule has 0 bridgehead atoms. The van der Waals surface area contributed by atoms with Crippen LogP contribution in [0.3, 0.4) is 0 Å². The van der Waals surface area contributed by atoms with Gasteiger partial charge >= 0.3 is 0 Å². The lowest BCUT2D eigenvalue weighted by molar-refractivity contribution is -0.126. The molecule has 2 saturated heterocycles. The Bertz CT molecular complexity index is 2200. The third-order valence-corrected chi connectivity index (χ3v) is 14.6. The quantitative estimate of drug-likeness (QED) is 0.155. The van der Waals surface area contributed by atoms with Crippen LogP contribution < -0.4 is 19.9 Å². The molecule has 12 heteroatoms. The van der Waals surface area contributed by atoms with Gasteiger partial charge in [0.2, 0.25) is 11.9 Å². The molecule has 1 aromatic heterocycles. The number of amides is 1. The Morgan fingerprint density at radius 1 is 1.02 bits per heavy atom. The highest BCUT2D eigenvalue weighted by Crippen LogP contribution is 2.49. The Balaban J connectivity index is 0.784. The Kier molecular flexibility index (Phi) is 11.8. The summed E-state index contributed by atoms with van der Waals surface area (Å²) >= 11 is 0. The fourth-order valence-electron chi connectivity index (χ4n) is 11.3. The number of phenols is 1. The number of piperazine rings is 1. The van der Waals surface area contributed by atoms with Gasteiger partial charge in [0.05, 0.1) is 17.8 Å². The second kappa shape index (κ2) is 17.6. The number of benzene rings is 3. The molecule has 12 nitrogen and oxygen atoms in total. The molecule has 5 aliphatic rings. The number of nitrogens with zero attached hydrogens (tertiary/aromatic N) is 6. The van der Waals surface area contributed by atoms with Gasteiger partial charge in [-0.3, -0.25) is 19.4 Å². The monoisotopic (exact) mass is 825 g/mol. The van der Waals surface area contributed by atoms with E-state index in [1.54, 1.807) is 7.05 Å². The molecule has 2 aliphatic carbocycles. The van der Waals surface area contributed by atoms with E-state index in [9.17, 15) is 19.5 Å². The molecule has 9 rings (SSSR count). The zero-order chi connectivity index (χ0) is 42.1. The molecule has 3 aliphatic heterocycles. The molecule has 61 heavy (non-hydrogen) atoms. The highest BCUT2D eigenvalue weighted by Gasteiger charge is 2.46. The van der Waals surface area contributed by atoms with Crippen LogP contribution in [0.1, 0.15) is 95.0 Å². The van der Waals surface area contributed by atoms with Crippen molar-refractivity contribution in [3.05, 3.63) is 106 Å². The van der Waals surface area contributed by atoms with E-state index < -0.39 is 6.04 Å². The summed E-state index contributed by atoms with van der Waals surface area (Å²) in [4.78, 5) is 55.3. The summed E-state index contributed by atoms with van der Waals surface area (Å²) in [5, 5.41) is 13.0. The minimum Gasteiger partial charge on any atom is -0.508 e. The SMILES string of the molecule is CNC(=O)C(CCC=O)N(C)Cc1cc2c(cc1C=O)OCC1CN(CC3CCC4(CC3)CN(c3ncc(C5c6ccc(O)cc6CCC5c5ccccc5)cn3)C4)CCN21. The molecule has 4 unspecified atom stereocenters. The normalized spacial score (nSPS) is 22.6. The fraction of sp³-hybridized carbons (Fsp3) is 0.490. The molecule has 0 radical (unpaired) electrons. The topological polar surface area (TPSA) is 131 Å². The number of rotatable bonds is 13. The van der Waals surface area contributed by atoms with Gasteiger partial charge in [0.1, 0.15) is 24.4 Å². The minimum atomic E-state index is -0.471. The van der Waals surface area contributed by atoms with Crippen molar-refractivity contribution >= 4 is 30.1 Å². The van der Waals surface area contributed by atoms with Crippen LogP contribution >= 0.6 is 0 Å². The van der Waals surface area contributed by atoms with Gasteiger partial charge in [-0.1, -0.05) is 36.4 Å². The van der Waals surface area contributed by atoms with Crippen molar-refractivity contribution < 1.29 is 24.2 Å². The lowest BCUT2D eigenvalue weighted by atomic mass is 9.66. The number of anilines is 2. The molecular formula is C49H59N7O5. The van der Waals surface area contributed by atoms with E-state index in [0.717, 1.165) is 93.2 Å². The van der Waals surface area contributed by atoms with Crippen LogP contribution in [0.4, 0.5) is 11.6 Å². The Hall–Kier alpha value is -5.33. The number of nitrogens with one attached hydrogen (secondary N) is 1. The first-order valence-corrected chi connectivity index (χ1v) is 22.3. The van der Waals surface area contributed by atoms with Crippen molar-refractivity contribution in [3.8, 4) is 11.5 Å². The van der Waals surface area contributed by atoms with Crippen molar-refractivity contribution in [2.45, 2.75) is 81.8 Å². The molecule has 1 amide bonds. The molecular weight excluding hydrogens is 767 g/mol. The molecule has 4 heterocycles. The Morgan fingerprint density at radius 2 is 1.80 bits per heavy atom. The Morgan fingerprint density at radius 3 is 2.54 bits per heavy atom. The van der Waals surface area contributed by atoms with Gasteiger partial charge in [-0.2, -0.15) is 0 Å². The lowest BCUT2D eigenvalue weighted by Crippen LogP contribution is -2.59. The van der Waals surface area contributed by atoms with Gasteiger partial charge in [0.15, 0.2) is 6.29 Å². The van der Waals surface area contributed by atoms with Gasteiger partial charge in [0, 0.05) is 88.6 Å². The summed E-state index contributed by atoms with van der Waals surface area (Å²) < 4.78 is 6.30. The molecule has 1 spiro atoms. The zero-order valence-electron chi connectivity index (χ0n) is 35.5. The molecule has 4 aromatic rings. The Labute approximate surface area is 359 Å². The van der Waals surface area contributed by atoms with Crippen molar-refractivity contribution in [3.63, 3.8) is 0 Å². The number of fused-ring (bicyclic) bond motifs is 4. The number of ether oxygens (including phenoxy) is 1. The molecule has 1 saturated carbocycles. The number of aldehydes is 2. The summed E-state index contributed by atoms with van der Waals surface area (Å²) in [6, 6.07) is 20.3. The standard InChI is InChI=1S/C49H59N7O5/c1-50-47(60)43(9-6-20-57)53(2)27-36-22-44-45(23-37(36)29-58)61-30-39-28-54(18-19-56(39)44)26-33-14-16-49(17-15-33)31-55(32-49)48-51-24-38(25-52-48)46-41(34-7-4-3-5-8-34)12-10-35-21-40(59)11-13-42(35)46/h3-5,7-8,11,13,20-25,29,33,39,41,43,46,59H,6,9-10,12,14-19,26-28,30-32H2,1-2H3,(H,50,60). The van der Waals surface area contributed by atoms with Crippen molar-refractivity contribution in [1.82, 2.24) is 25.1 Å². The van der Waals surface area contributed by atoms with Crippen LogP contribution in [0, 0.1) is 11.3 Å². The van der Waals surface area contributed by atoms with E-state index in [4.69, 9.17) is 14.7 Å². The maximum absolute atomic E-state index is 12.7.